The van der Waals surface area contributed by atoms with Crippen LogP contribution in [0.4, 0.5) is 0 Å². The fourth-order valence-electron chi connectivity index (χ4n) is 5.31. The van der Waals surface area contributed by atoms with Crippen molar-refractivity contribution in [3.05, 3.63) is 119 Å². The van der Waals surface area contributed by atoms with E-state index in [4.69, 9.17) is 14.2 Å². The van der Waals surface area contributed by atoms with Crippen LogP contribution in [0.3, 0.4) is 0 Å². The van der Waals surface area contributed by atoms with Crippen LogP contribution in [0.15, 0.2) is 103 Å². The molecule has 35 heavy (non-hydrogen) atoms. The topological polar surface area (TPSA) is 60.0 Å². The Kier molecular flexibility index (Phi) is 5.65. The third-order valence-electron chi connectivity index (χ3n) is 7.05. The minimum absolute atomic E-state index is 0.114. The summed E-state index contributed by atoms with van der Waals surface area (Å²) in [5.74, 6) is -0.114. The molecule has 2 bridgehead atoms. The molecular weight excluding hydrogens is 440 g/mol. The predicted octanol–water partition coefficient (Wildman–Crippen LogP) is 4.13. The highest BCUT2D eigenvalue weighted by Crippen LogP contribution is 2.42. The summed E-state index contributed by atoms with van der Waals surface area (Å²) in [6.45, 7) is 2.12. The molecule has 178 valence electrons. The first-order chi connectivity index (χ1) is 17.1. The summed E-state index contributed by atoms with van der Waals surface area (Å²) in [6, 6.07) is 30.9. The molecule has 0 spiro atoms. The maximum atomic E-state index is 12.1. The smallest absolute Gasteiger partial charge is 0.251 e. The molecule has 3 aliphatic heterocycles. The van der Waals surface area contributed by atoms with E-state index < -0.39 is 12.0 Å². The normalized spacial score (nSPS) is 25.6. The summed E-state index contributed by atoms with van der Waals surface area (Å²) >= 11 is 0. The average Bonchev–Trinajstić information content (AvgIpc) is 3.24. The molecule has 4 atom stereocenters. The van der Waals surface area contributed by atoms with E-state index in [-0.39, 0.29) is 24.3 Å². The van der Waals surface area contributed by atoms with Crippen LogP contribution in [0.2, 0.25) is 0 Å². The number of hydrogen-bond donors (Lipinski definition) is 1. The number of fused-ring (bicyclic) bond motifs is 4. The minimum atomic E-state index is -0.818. The van der Waals surface area contributed by atoms with Gasteiger partial charge in [-0.15, -0.1) is 0 Å². The van der Waals surface area contributed by atoms with Gasteiger partial charge in [-0.3, -0.25) is 4.79 Å². The highest BCUT2D eigenvalue weighted by atomic mass is 16.6. The van der Waals surface area contributed by atoms with Crippen molar-refractivity contribution >= 4 is 5.91 Å². The van der Waals surface area contributed by atoms with Gasteiger partial charge in [0, 0.05) is 18.2 Å². The van der Waals surface area contributed by atoms with Gasteiger partial charge in [0.15, 0.2) is 0 Å². The van der Waals surface area contributed by atoms with Crippen LogP contribution in [0.1, 0.15) is 30.0 Å². The van der Waals surface area contributed by atoms with Gasteiger partial charge in [0.25, 0.3) is 5.91 Å². The Labute approximate surface area is 205 Å². The van der Waals surface area contributed by atoms with Crippen LogP contribution in [0, 0.1) is 0 Å². The van der Waals surface area contributed by atoms with Gasteiger partial charge in [-0.05, 0) is 23.6 Å². The van der Waals surface area contributed by atoms with Crippen molar-refractivity contribution in [1.29, 1.82) is 0 Å². The molecule has 3 aliphatic rings. The van der Waals surface area contributed by atoms with Crippen molar-refractivity contribution in [3.63, 3.8) is 0 Å². The van der Waals surface area contributed by atoms with Crippen molar-refractivity contribution < 1.29 is 19.0 Å². The molecule has 6 nitrogen and oxygen atoms in total. The molecule has 3 aromatic rings. The summed E-state index contributed by atoms with van der Waals surface area (Å²) in [5.41, 5.74) is 2.96. The number of nitrogens with one attached hydrogen (secondary N) is 1. The lowest BCUT2D eigenvalue weighted by Gasteiger charge is -2.41. The fourth-order valence-corrected chi connectivity index (χ4v) is 5.31. The van der Waals surface area contributed by atoms with Gasteiger partial charge in [0.1, 0.15) is 17.9 Å². The number of nitrogens with zero attached hydrogens (tertiary/aromatic N) is 1. The van der Waals surface area contributed by atoms with Crippen LogP contribution < -0.4 is 5.32 Å². The first kappa shape index (κ1) is 22.0. The van der Waals surface area contributed by atoms with E-state index in [1.54, 1.807) is 6.92 Å². The molecule has 2 fully saturated rings. The zero-order chi connectivity index (χ0) is 23.8. The summed E-state index contributed by atoms with van der Waals surface area (Å²) in [4.78, 5) is 14.1. The quantitative estimate of drug-likeness (QED) is 0.552. The zero-order valence-corrected chi connectivity index (χ0v) is 19.5. The van der Waals surface area contributed by atoms with Gasteiger partial charge in [-0.1, -0.05) is 91.0 Å². The highest BCUT2D eigenvalue weighted by Gasteiger charge is 2.49. The van der Waals surface area contributed by atoms with Gasteiger partial charge >= 0.3 is 0 Å². The Bertz CT molecular complexity index is 1120. The lowest BCUT2D eigenvalue weighted by atomic mass is 9.80. The first-order valence-corrected chi connectivity index (χ1v) is 12.0. The van der Waals surface area contributed by atoms with Crippen molar-refractivity contribution in [1.82, 2.24) is 10.2 Å². The third-order valence-corrected chi connectivity index (χ3v) is 7.05. The second-order valence-corrected chi connectivity index (χ2v) is 9.21. The van der Waals surface area contributed by atoms with Crippen LogP contribution in [-0.2, 0) is 24.6 Å². The van der Waals surface area contributed by atoms with Gasteiger partial charge < -0.3 is 24.4 Å². The Morgan fingerprint density at radius 3 is 1.97 bits per heavy atom. The maximum absolute atomic E-state index is 12.1. The van der Waals surface area contributed by atoms with E-state index in [1.807, 2.05) is 65.7 Å². The molecule has 6 rings (SSSR count). The monoisotopic (exact) mass is 468 g/mol. The molecule has 6 heteroatoms. The third kappa shape index (κ3) is 3.84. The molecule has 0 radical (unpaired) electrons. The minimum Gasteiger partial charge on any atom is -0.358 e. The zero-order valence-electron chi connectivity index (χ0n) is 19.5. The van der Waals surface area contributed by atoms with E-state index in [0.29, 0.717) is 12.2 Å². The van der Waals surface area contributed by atoms with Crippen LogP contribution in [-0.4, -0.2) is 42.2 Å². The van der Waals surface area contributed by atoms with Crippen LogP contribution >= 0.6 is 0 Å². The first-order valence-electron chi connectivity index (χ1n) is 12.0. The maximum Gasteiger partial charge on any atom is 0.251 e. The molecule has 0 saturated carbocycles. The molecule has 2 saturated heterocycles. The number of rotatable bonds is 6. The van der Waals surface area contributed by atoms with E-state index in [1.165, 1.54) is 0 Å². The van der Waals surface area contributed by atoms with E-state index in [9.17, 15) is 4.79 Å². The average molecular weight is 469 g/mol. The lowest BCUT2D eigenvalue weighted by Crippen LogP contribution is -2.58. The summed E-state index contributed by atoms with van der Waals surface area (Å²) < 4.78 is 19.6. The standard InChI is InChI=1S/C29H28N2O4/c1-20-18-31-26-17-24(35-28(31)30-27(20)32)25(34-26)19-33-29(21-11-5-2-6-12-21,22-13-7-3-8-14-22)23-15-9-4-10-16-23/h2-16,18,24-26,28H,17,19H2,1H3,(H,30,32)/t24-,25+,26-,28-/m1/s1. The van der Waals surface area contributed by atoms with Gasteiger partial charge in [0.05, 0.1) is 12.7 Å². The Balaban J connectivity index is 1.34. The largest absolute Gasteiger partial charge is 0.358 e. The Hall–Kier alpha value is -3.45. The van der Waals surface area contributed by atoms with E-state index in [0.717, 1.165) is 23.1 Å². The molecule has 3 aromatic carbocycles. The molecule has 1 amide bonds. The Morgan fingerprint density at radius 2 is 1.43 bits per heavy atom. The Morgan fingerprint density at radius 1 is 0.886 bits per heavy atom. The number of amides is 1. The summed E-state index contributed by atoms with van der Waals surface area (Å²) in [7, 11) is 0. The molecule has 0 aliphatic carbocycles. The lowest BCUT2D eigenvalue weighted by molar-refractivity contribution is -0.163. The van der Waals surface area contributed by atoms with E-state index in [2.05, 4.69) is 41.7 Å². The molecule has 0 aromatic heterocycles. The highest BCUT2D eigenvalue weighted by molar-refractivity contribution is 5.93. The molecule has 1 N–H and O–H groups in total. The van der Waals surface area contributed by atoms with Crippen molar-refractivity contribution in [2.24, 2.45) is 0 Å². The second-order valence-electron chi connectivity index (χ2n) is 9.21. The predicted molar refractivity (Wildman–Crippen MR) is 131 cm³/mol. The van der Waals surface area contributed by atoms with Crippen molar-refractivity contribution in [2.75, 3.05) is 6.61 Å². The van der Waals surface area contributed by atoms with Crippen LogP contribution in [0.25, 0.3) is 0 Å². The van der Waals surface area contributed by atoms with Gasteiger partial charge in [0.2, 0.25) is 6.35 Å². The molecule has 3 heterocycles. The summed E-state index contributed by atoms with van der Waals surface area (Å²) in [6.07, 6.45) is 1.43. The number of carbonyl (C=O) groups excluding carboxylic acids is 1. The van der Waals surface area contributed by atoms with E-state index >= 15 is 0 Å². The fraction of sp³-hybridized carbons (Fsp3) is 0.276. The SMILES string of the molecule is CC1=CN2[C@H]3C[C@@H](O[C@@H]2NC1=O)[C@H](COC(c1ccccc1)(c1ccccc1)c1ccccc1)O3. The second kappa shape index (κ2) is 8.96. The summed E-state index contributed by atoms with van der Waals surface area (Å²) in [5, 5.41) is 2.92. The molecular formula is C29H28N2O4. The van der Waals surface area contributed by atoms with Crippen molar-refractivity contribution in [3.8, 4) is 0 Å². The van der Waals surface area contributed by atoms with Crippen LogP contribution in [0.5, 0.6) is 0 Å². The number of ether oxygens (including phenoxy) is 3. The van der Waals surface area contributed by atoms with Gasteiger partial charge in [-0.25, -0.2) is 0 Å². The number of benzene rings is 3. The van der Waals surface area contributed by atoms with Crippen molar-refractivity contribution in [2.45, 2.75) is 43.7 Å². The number of hydrogen-bond acceptors (Lipinski definition) is 5. The van der Waals surface area contributed by atoms with Gasteiger partial charge in [-0.2, -0.15) is 0 Å². The number of carbonyl (C=O) groups is 1. The molecule has 0 unspecified atom stereocenters.